The monoisotopic (exact) mass is 1080 g/mol. The van der Waals surface area contributed by atoms with Gasteiger partial charge in [0.2, 0.25) is 11.8 Å². The van der Waals surface area contributed by atoms with Crippen molar-refractivity contribution in [3.05, 3.63) is 102 Å². The number of fused-ring (bicyclic) bond motifs is 2. The number of rotatable bonds is 21. The van der Waals surface area contributed by atoms with Gasteiger partial charge in [-0.25, -0.2) is 24.3 Å². The fourth-order valence-corrected chi connectivity index (χ4v) is 10.5. The van der Waals surface area contributed by atoms with Crippen molar-refractivity contribution in [2.45, 2.75) is 75.0 Å². The molecule has 0 radical (unpaired) electrons. The molecule has 4 fully saturated rings. The molecule has 7 heterocycles. The highest BCUT2D eigenvalue weighted by atomic mass is 35.5. The van der Waals surface area contributed by atoms with E-state index in [4.69, 9.17) is 66.6 Å². The first kappa shape index (κ1) is 52.4. The molecule has 10 rings (SSSR count). The SMILES string of the molecule is C=CC(=O)N[C@H]1COC[C@H]1Nc1cc2c(NCC3CCC(COc4cc(OC)c(Cl)c(-c5cc6cnc(N[C@@H]7COC[C@@H]7NC(=O)C=C)cc6c(N[C@@H](C)C6CC6)n5)c4Cl)O3)nc(-c3cccc(OC)c3F)cc2cn1. The van der Waals surface area contributed by atoms with Crippen molar-refractivity contribution in [2.75, 3.05) is 75.1 Å². The van der Waals surface area contributed by atoms with Gasteiger partial charge in [0.05, 0.1) is 98.5 Å². The number of carbonyl (C=O) groups excluding carboxylic acids is 2. The molecular formula is C55H59Cl2FN10O8. The van der Waals surface area contributed by atoms with Crippen LogP contribution in [-0.4, -0.2) is 128 Å². The first-order valence-electron chi connectivity index (χ1n) is 25.2. The average Bonchev–Trinajstić information content (AvgIpc) is 3.82. The minimum atomic E-state index is -0.535. The number of carbonyl (C=O) groups is 2. The quantitative estimate of drug-likeness (QED) is 0.0373. The first-order chi connectivity index (χ1) is 36.9. The molecule has 1 saturated carbocycles. The third-order valence-electron chi connectivity index (χ3n) is 14.2. The molecule has 6 aromatic rings. The minimum absolute atomic E-state index is 0.0980. The number of anilines is 4. The molecule has 21 heteroatoms. The number of benzene rings is 2. The van der Waals surface area contributed by atoms with Crippen molar-refractivity contribution in [2.24, 2.45) is 5.92 Å². The van der Waals surface area contributed by atoms with Crippen molar-refractivity contribution in [3.63, 3.8) is 0 Å². The molecule has 0 bridgehead atoms. The van der Waals surface area contributed by atoms with Gasteiger partial charge in [-0.3, -0.25) is 9.59 Å². The Morgan fingerprint density at radius 1 is 0.750 bits per heavy atom. The maximum atomic E-state index is 15.7. The zero-order chi connectivity index (χ0) is 53.0. The van der Waals surface area contributed by atoms with E-state index in [0.717, 1.165) is 29.0 Å². The van der Waals surface area contributed by atoms with Crippen LogP contribution in [0.2, 0.25) is 10.0 Å². The molecule has 398 valence electrons. The molecule has 2 unspecified atom stereocenters. The maximum absolute atomic E-state index is 15.7. The molecule has 0 spiro atoms. The first-order valence-corrected chi connectivity index (χ1v) is 26.0. The van der Waals surface area contributed by atoms with Crippen LogP contribution in [0.3, 0.4) is 0 Å². The van der Waals surface area contributed by atoms with E-state index in [2.05, 4.69) is 57.0 Å². The summed E-state index contributed by atoms with van der Waals surface area (Å²) >= 11 is 14.3. The van der Waals surface area contributed by atoms with Crippen LogP contribution in [0.25, 0.3) is 44.1 Å². The van der Waals surface area contributed by atoms with E-state index in [1.165, 1.54) is 26.4 Å². The van der Waals surface area contributed by atoms with Crippen molar-refractivity contribution >= 4 is 79.8 Å². The van der Waals surface area contributed by atoms with Crippen LogP contribution in [0.15, 0.2) is 86.2 Å². The predicted octanol–water partition coefficient (Wildman–Crippen LogP) is 8.58. The smallest absolute Gasteiger partial charge is 0.243 e. The lowest BCUT2D eigenvalue weighted by Gasteiger charge is -2.22. The van der Waals surface area contributed by atoms with Gasteiger partial charge in [0.25, 0.3) is 0 Å². The summed E-state index contributed by atoms with van der Waals surface area (Å²) in [6.07, 6.45) is 9.06. The van der Waals surface area contributed by atoms with Gasteiger partial charge in [-0.2, -0.15) is 0 Å². The summed E-state index contributed by atoms with van der Waals surface area (Å²) in [5.41, 5.74) is 1.58. The standard InChI is InChI=1S/C55H59Cl2FN10O8/c1-6-48(69)65-41-26-73-24-39(41)63-46-17-35-30(20-59-46)15-37(34-9-8-10-43(71-4)53(34)58)67-54(35)61-22-32-13-14-33(76-32)23-75-45-19-44(72-5)51(56)50(52(45)57)38-16-31-21-60-47(64-40-25-74-27-42(40)66-49(70)7-2)18-36(31)55(68-38)62-28(3)29-11-12-29/h6-10,15-21,28-29,32-33,39-42H,1-2,11-14,22-27H2,3-5H3,(H,59,63)(H,60,64)(H,61,67)(H,62,68)(H,65,69)(H,66,70)/t28-,32?,33?,39+,40+,41-,42-/m0/s1. The van der Waals surface area contributed by atoms with Crippen LogP contribution in [0, 0.1) is 11.7 Å². The molecule has 1 aliphatic carbocycles. The van der Waals surface area contributed by atoms with Crippen molar-refractivity contribution < 1.29 is 42.4 Å². The Balaban J connectivity index is 0.865. The molecule has 6 N–H and O–H groups in total. The predicted molar refractivity (Wildman–Crippen MR) is 291 cm³/mol. The Kier molecular flexibility index (Phi) is 15.9. The number of nitrogens with zero attached hydrogens (tertiary/aromatic N) is 4. The lowest BCUT2D eigenvalue weighted by Crippen LogP contribution is -2.45. The van der Waals surface area contributed by atoms with E-state index in [0.29, 0.717) is 109 Å². The van der Waals surface area contributed by atoms with Gasteiger partial charge >= 0.3 is 0 Å². The summed E-state index contributed by atoms with van der Waals surface area (Å²) in [6.45, 7) is 11.3. The minimum Gasteiger partial charge on any atom is -0.495 e. The second-order valence-corrected chi connectivity index (χ2v) is 20.1. The number of methoxy groups -OCH3 is 2. The number of nitrogens with one attached hydrogen (secondary N) is 6. The van der Waals surface area contributed by atoms with Crippen LogP contribution in [-0.2, 0) is 23.8 Å². The Morgan fingerprint density at radius 2 is 1.33 bits per heavy atom. The number of amides is 2. The van der Waals surface area contributed by atoms with Crippen LogP contribution < -0.4 is 46.1 Å². The van der Waals surface area contributed by atoms with Crippen LogP contribution in [0.4, 0.5) is 27.7 Å². The van der Waals surface area contributed by atoms with Gasteiger partial charge in [-0.1, -0.05) is 42.4 Å². The van der Waals surface area contributed by atoms with Gasteiger partial charge in [0.15, 0.2) is 11.6 Å². The third kappa shape index (κ3) is 11.5. The molecule has 2 aromatic carbocycles. The lowest BCUT2D eigenvalue weighted by atomic mass is 10.1. The van der Waals surface area contributed by atoms with Gasteiger partial charge in [0, 0.05) is 63.7 Å². The summed E-state index contributed by atoms with van der Waals surface area (Å²) in [7, 11) is 2.95. The van der Waals surface area contributed by atoms with Gasteiger partial charge in [-0.15, -0.1) is 0 Å². The van der Waals surface area contributed by atoms with E-state index in [1.807, 2.05) is 18.2 Å². The zero-order valence-corrected chi connectivity index (χ0v) is 43.7. The fraction of sp³-hybridized carbons (Fsp3) is 0.382. The zero-order valence-electron chi connectivity index (χ0n) is 42.2. The Bertz CT molecular complexity index is 3190. The summed E-state index contributed by atoms with van der Waals surface area (Å²) in [4.78, 5) is 43.8. The van der Waals surface area contributed by atoms with Crippen molar-refractivity contribution in [1.82, 2.24) is 30.6 Å². The average molecular weight is 1080 g/mol. The molecule has 76 heavy (non-hydrogen) atoms. The normalized spacial score (nSPS) is 21.4. The largest absolute Gasteiger partial charge is 0.495 e. The number of halogens is 3. The third-order valence-corrected chi connectivity index (χ3v) is 14.9. The summed E-state index contributed by atoms with van der Waals surface area (Å²) in [6, 6.07) is 13.2. The molecule has 3 saturated heterocycles. The molecule has 2 amide bonds. The summed E-state index contributed by atoms with van der Waals surface area (Å²) in [5.74, 6) is 2.47. The molecule has 3 aliphatic heterocycles. The maximum Gasteiger partial charge on any atom is 0.243 e. The van der Waals surface area contributed by atoms with Gasteiger partial charge in [0.1, 0.15) is 41.4 Å². The van der Waals surface area contributed by atoms with E-state index in [1.54, 1.807) is 42.7 Å². The van der Waals surface area contributed by atoms with Crippen LogP contribution in [0.5, 0.6) is 17.2 Å². The number of hydrogen-bond acceptors (Lipinski definition) is 16. The topological polar surface area (TPSA) is 213 Å². The Hall–Kier alpha value is -7.03. The fourth-order valence-electron chi connectivity index (χ4n) is 9.81. The number of aromatic nitrogens is 4. The summed E-state index contributed by atoms with van der Waals surface area (Å²) < 4.78 is 51.1. The van der Waals surface area contributed by atoms with Crippen LogP contribution >= 0.6 is 23.2 Å². The number of pyridine rings is 4. The van der Waals surface area contributed by atoms with Crippen LogP contribution in [0.1, 0.15) is 32.6 Å². The molecular weight excluding hydrogens is 1020 g/mol. The Labute approximate surface area is 448 Å². The van der Waals surface area contributed by atoms with E-state index < -0.39 is 5.82 Å². The van der Waals surface area contributed by atoms with E-state index in [-0.39, 0.29) is 82.2 Å². The van der Waals surface area contributed by atoms with E-state index >= 15 is 4.39 Å². The molecule has 7 atom stereocenters. The van der Waals surface area contributed by atoms with Crippen molar-refractivity contribution in [3.8, 4) is 39.8 Å². The van der Waals surface area contributed by atoms with Gasteiger partial charge in [-0.05, 0) is 87.1 Å². The highest BCUT2D eigenvalue weighted by Gasteiger charge is 2.33. The van der Waals surface area contributed by atoms with E-state index in [9.17, 15) is 9.59 Å². The molecule has 18 nitrogen and oxygen atoms in total. The lowest BCUT2D eigenvalue weighted by molar-refractivity contribution is -0.118. The summed E-state index contributed by atoms with van der Waals surface area (Å²) in [5, 5.41) is 23.4. The number of hydrogen-bond donors (Lipinski definition) is 6. The molecule has 4 aliphatic rings. The highest BCUT2D eigenvalue weighted by Crippen LogP contribution is 2.47. The van der Waals surface area contributed by atoms with Crippen molar-refractivity contribution in [1.29, 1.82) is 0 Å². The molecule has 4 aromatic heterocycles. The Morgan fingerprint density at radius 3 is 1.95 bits per heavy atom. The second-order valence-electron chi connectivity index (χ2n) is 19.3. The highest BCUT2D eigenvalue weighted by molar-refractivity contribution is 6.41. The number of ether oxygens (including phenoxy) is 6. The van der Waals surface area contributed by atoms with Gasteiger partial charge < -0.3 is 60.3 Å². The second kappa shape index (κ2) is 23.1.